The first-order valence-electron chi connectivity index (χ1n) is 9.55. The fourth-order valence-corrected chi connectivity index (χ4v) is 4.05. The van der Waals surface area contributed by atoms with Crippen molar-refractivity contribution >= 4 is 34.4 Å². The molecule has 2 heterocycles. The topological polar surface area (TPSA) is 36.0 Å². The van der Waals surface area contributed by atoms with E-state index in [-0.39, 0.29) is 6.09 Å². The third-order valence-corrected chi connectivity index (χ3v) is 5.58. The molecule has 0 radical (unpaired) electrons. The van der Waals surface area contributed by atoms with E-state index < -0.39 is 5.60 Å². The normalized spacial score (nSPS) is 19.1. The Morgan fingerprint density at radius 2 is 1.73 bits per heavy atom. The number of halogens is 1. The van der Waals surface area contributed by atoms with E-state index in [2.05, 4.69) is 50.6 Å². The largest absolute Gasteiger partial charge is 0.444 e. The number of nitrogens with zero attached hydrogens (tertiary/aromatic N) is 3. The number of rotatable bonds is 3. The molecule has 0 spiro atoms. The summed E-state index contributed by atoms with van der Waals surface area (Å²) in [4.78, 5) is 19.0. The van der Waals surface area contributed by atoms with Gasteiger partial charge in [-0.1, -0.05) is 6.07 Å². The highest BCUT2D eigenvalue weighted by molar-refractivity contribution is 14.1. The van der Waals surface area contributed by atoms with E-state index in [9.17, 15) is 4.79 Å². The molecule has 1 amide bonds. The molecule has 3 rings (SSSR count). The number of anilines is 1. The van der Waals surface area contributed by atoms with Gasteiger partial charge in [-0.25, -0.2) is 4.79 Å². The molecular weight excluding hydrogens is 441 g/mol. The van der Waals surface area contributed by atoms with Gasteiger partial charge in [-0.05, 0) is 73.9 Å². The SMILES string of the molecule is CC(C)(C)OC(=O)N1CCN(Cc2ccc(I)cc2N2CCCC2)CC1. The first-order chi connectivity index (χ1) is 12.3. The molecule has 2 aliphatic rings. The van der Waals surface area contributed by atoms with Crippen LogP contribution in [0.15, 0.2) is 18.2 Å². The van der Waals surface area contributed by atoms with Crippen LogP contribution < -0.4 is 4.90 Å². The number of ether oxygens (including phenoxy) is 1. The Bertz CT molecular complexity index is 630. The van der Waals surface area contributed by atoms with Crippen LogP contribution in [0.2, 0.25) is 0 Å². The quantitative estimate of drug-likeness (QED) is 0.626. The lowest BCUT2D eigenvalue weighted by Crippen LogP contribution is -2.49. The number of hydrogen-bond acceptors (Lipinski definition) is 4. The molecule has 0 N–H and O–H groups in total. The summed E-state index contributed by atoms with van der Waals surface area (Å²) >= 11 is 2.40. The van der Waals surface area contributed by atoms with Crippen LogP contribution in [0.3, 0.4) is 0 Å². The third kappa shape index (κ3) is 5.25. The zero-order valence-electron chi connectivity index (χ0n) is 16.1. The Morgan fingerprint density at radius 3 is 2.35 bits per heavy atom. The molecule has 0 bridgehead atoms. The summed E-state index contributed by atoms with van der Waals surface area (Å²) in [5.41, 5.74) is 2.36. The molecule has 0 aromatic heterocycles. The van der Waals surface area contributed by atoms with Crippen molar-refractivity contribution in [3.63, 3.8) is 0 Å². The van der Waals surface area contributed by atoms with E-state index in [0.29, 0.717) is 0 Å². The second kappa shape index (κ2) is 8.33. The second-order valence-electron chi connectivity index (χ2n) is 8.21. The van der Waals surface area contributed by atoms with Crippen LogP contribution >= 0.6 is 22.6 Å². The first-order valence-corrected chi connectivity index (χ1v) is 10.6. The Labute approximate surface area is 170 Å². The molecule has 26 heavy (non-hydrogen) atoms. The summed E-state index contributed by atoms with van der Waals surface area (Å²) in [6, 6.07) is 6.79. The monoisotopic (exact) mass is 471 g/mol. The molecule has 1 aromatic rings. The molecule has 2 fully saturated rings. The van der Waals surface area contributed by atoms with E-state index in [0.717, 1.165) is 32.7 Å². The van der Waals surface area contributed by atoms with Crippen molar-refractivity contribution in [1.29, 1.82) is 0 Å². The van der Waals surface area contributed by atoms with Crippen molar-refractivity contribution in [3.05, 3.63) is 27.3 Å². The average molecular weight is 471 g/mol. The lowest BCUT2D eigenvalue weighted by atomic mass is 10.1. The number of benzene rings is 1. The van der Waals surface area contributed by atoms with E-state index in [1.54, 1.807) is 0 Å². The van der Waals surface area contributed by atoms with Gasteiger partial charge in [0.2, 0.25) is 0 Å². The van der Waals surface area contributed by atoms with E-state index >= 15 is 0 Å². The van der Waals surface area contributed by atoms with Crippen molar-refractivity contribution in [2.45, 2.75) is 45.8 Å². The Balaban J connectivity index is 1.59. The summed E-state index contributed by atoms with van der Waals surface area (Å²) < 4.78 is 6.79. The van der Waals surface area contributed by atoms with Crippen LogP contribution in [-0.2, 0) is 11.3 Å². The average Bonchev–Trinajstić information content (AvgIpc) is 3.10. The van der Waals surface area contributed by atoms with Gasteiger partial charge in [-0.15, -0.1) is 0 Å². The molecule has 1 aromatic carbocycles. The fraction of sp³-hybridized carbons (Fsp3) is 0.650. The van der Waals surface area contributed by atoms with Gasteiger partial charge in [0.15, 0.2) is 0 Å². The van der Waals surface area contributed by atoms with Gasteiger partial charge in [0, 0.05) is 55.1 Å². The van der Waals surface area contributed by atoms with E-state index in [4.69, 9.17) is 4.74 Å². The highest BCUT2D eigenvalue weighted by Crippen LogP contribution is 2.28. The van der Waals surface area contributed by atoms with Gasteiger partial charge in [-0.3, -0.25) is 4.90 Å². The molecule has 144 valence electrons. The zero-order valence-corrected chi connectivity index (χ0v) is 18.3. The minimum Gasteiger partial charge on any atom is -0.444 e. The Kier molecular flexibility index (Phi) is 6.33. The van der Waals surface area contributed by atoms with Crippen molar-refractivity contribution in [2.24, 2.45) is 0 Å². The lowest BCUT2D eigenvalue weighted by Gasteiger charge is -2.36. The minimum absolute atomic E-state index is 0.191. The van der Waals surface area contributed by atoms with Gasteiger partial charge in [0.05, 0.1) is 0 Å². The van der Waals surface area contributed by atoms with Crippen molar-refractivity contribution in [1.82, 2.24) is 9.80 Å². The first kappa shape index (κ1) is 19.7. The van der Waals surface area contributed by atoms with Gasteiger partial charge in [0.25, 0.3) is 0 Å². The molecule has 0 unspecified atom stereocenters. The van der Waals surface area contributed by atoms with Crippen molar-refractivity contribution in [2.75, 3.05) is 44.2 Å². The maximum Gasteiger partial charge on any atom is 0.410 e. The molecule has 2 aliphatic heterocycles. The standard InChI is InChI=1S/C20H30IN3O2/c1-20(2,3)26-19(25)24-12-10-22(11-13-24)15-16-6-7-17(21)14-18(16)23-8-4-5-9-23/h6-7,14H,4-5,8-13,15H2,1-3H3. The Hall–Kier alpha value is -1.02. The highest BCUT2D eigenvalue weighted by Gasteiger charge is 2.26. The maximum absolute atomic E-state index is 12.2. The molecule has 2 saturated heterocycles. The van der Waals surface area contributed by atoms with Crippen LogP contribution in [-0.4, -0.2) is 60.8 Å². The summed E-state index contributed by atoms with van der Waals surface area (Å²) in [5, 5.41) is 0. The van der Waals surface area contributed by atoms with E-state index in [1.807, 2.05) is 25.7 Å². The van der Waals surface area contributed by atoms with Crippen molar-refractivity contribution < 1.29 is 9.53 Å². The predicted octanol–water partition coefficient (Wildman–Crippen LogP) is 3.94. The smallest absolute Gasteiger partial charge is 0.410 e. The summed E-state index contributed by atoms with van der Waals surface area (Å²) in [6.07, 6.45) is 2.39. The number of carbonyl (C=O) groups is 1. The van der Waals surface area contributed by atoms with Gasteiger partial charge in [-0.2, -0.15) is 0 Å². The van der Waals surface area contributed by atoms with Crippen LogP contribution in [0, 0.1) is 3.57 Å². The predicted molar refractivity (Wildman–Crippen MR) is 114 cm³/mol. The Morgan fingerprint density at radius 1 is 1.08 bits per heavy atom. The van der Waals surface area contributed by atoms with Gasteiger partial charge < -0.3 is 14.5 Å². The highest BCUT2D eigenvalue weighted by atomic mass is 127. The molecule has 6 heteroatoms. The number of carbonyl (C=O) groups excluding carboxylic acids is 1. The molecule has 0 aliphatic carbocycles. The summed E-state index contributed by atoms with van der Waals surface area (Å²) in [5.74, 6) is 0. The molecule has 0 atom stereocenters. The maximum atomic E-state index is 12.2. The van der Waals surface area contributed by atoms with Crippen LogP contribution in [0.5, 0.6) is 0 Å². The molecular formula is C20H30IN3O2. The van der Waals surface area contributed by atoms with Crippen LogP contribution in [0.25, 0.3) is 0 Å². The fourth-order valence-electron chi connectivity index (χ4n) is 3.58. The van der Waals surface area contributed by atoms with Crippen LogP contribution in [0.1, 0.15) is 39.2 Å². The summed E-state index contributed by atoms with van der Waals surface area (Å²) in [6.45, 7) is 12.3. The molecule has 5 nitrogen and oxygen atoms in total. The van der Waals surface area contributed by atoms with Crippen LogP contribution in [0.4, 0.5) is 10.5 Å². The third-order valence-electron chi connectivity index (χ3n) is 4.91. The summed E-state index contributed by atoms with van der Waals surface area (Å²) in [7, 11) is 0. The van der Waals surface area contributed by atoms with Crippen molar-refractivity contribution in [3.8, 4) is 0 Å². The molecule has 0 saturated carbocycles. The zero-order chi connectivity index (χ0) is 18.7. The number of amides is 1. The second-order valence-corrected chi connectivity index (χ2v) is 9.46. The van der Waals surface area contributed by atoms with Gasteiger partial charge in [0.1, 0.15) is 5.60 Å². The number of piperazine rings is 1. The lowest BCUT2D eigenvalue weighted by molar-refractivity contribution is 0.0139. The number of hydrogen-bond donors (Lipinski definition) is 0. The minimum atomic E-state index is -0.431. The van der Waals surface area contributed by atoms with Gasteiger partial charge >= 0.3 is 6.09 Å². The van der Waals surface area contributed by atoms with E-state index in [1.165, 1.54) is 40.8 Å².